The summed E-state index contributed by atoms with van der Waals surface area (Å²) in [7, 11) is 0. The van der Waals surface area contributed by atoms with E-state index in [2.05, 4.69) is 32.8 Å². The summed E-state index contributed by atoms with van der Waals surface area (Å²) in [6, 6.07) is 11.9. The highest BCUT2D eigenvalue weighted by Crippen LogP contribution is 2.34. The van der Waals surface area contributed by atoms with Crippen LogP contribution in [-0.2, 0) is 17.6 Å². The number of amides is 2. The molecule has 6 rings (SSSR count). The average Bonchev–Trinajstić information content (AvgIpc) is 3.45. The molecule has 0 unspecified atom stereocenters. The fourth-order valence-corrected chi connectivity index (χ4v) is 5.50. The molecule has 3 aliphatic heterocycles. The van der Waals surface area contributed by atoms with E-state index in [1.165, 1.54) is 17.5 Å². The number of carbonyl (C=O) groups excluding carboxylic acids is 2. The van der Waals surface area contributed by atoms with Crippen LogP contribution < -0.4 is 14.7 Å². The van der Waals surface area contributed by atoms with Crippen LogP contribution in [0.25, 0.3) is 0 Å². The SMILES string of the molecule is Cc1cccc2c1CCN2C(=O)c1cc(N2CCC(N3C(=O)Cc4ncccc43)CC2)ncn1. The molecule has 1 aromatic carbocycles. The maximum Gasteiger partial charge on any atom is 0.277 e. The van der Waals surface area contributed by atoms with E-state index in [1.807, 2.05) is 34.1 Å². The predicted molar refractivity (Wildman–Crippen MR) is 129 cm³/mol. The Morgan fingerprint density at radius 3 is 2.68 bits per heavy atom. The summed E-state index contributed by atoms with van der Waals surface area (Å²) >= 11 is 0. The number of carbonyl (C=O) groups is 2. The van der Waals surface area contributed by atoms with Crippen molar-refractivity contribution >= 4 is 29.0 Å². The van der Waals surface area contributed by atoms with Gasteiger partial charge in [-0.05, 0) is 55.5 Å². The number of benzene rings is 1. The molecule has 0 N–H and O–H groups in total. The van der Waals surface area contributed by atoms with Crippen LogP contribution in [0.1, 0.15) is 40.2 Å². The minimum atomic E-state index is -0.0883. The molecule has 5 heterocycles. The fourth-order valence-electron chi connectivity index (χ4n) is 5.50. The van der Waals surface area contributed by atoms with Gasteiger partial charge in [0.15, 0.2) is 0 Å². The summed E-state index contributed by atoms with van der Waals surface area (Å²) in [5.41, 5.74) is 5.66. The van der Waals surface area contributed by atoms with E-state index in [0.29, 0.717) is 18.7 Å². The second kappa shape index (κ2) is 8.20. The first-order chi connectivity index (χ1) is 16.6. The van der Waals surface area contributed by atoms with E-state index in [-0.39, 0.29) is 17.9 Å². The summed E-state index contributed by atoms with van der Waals surface area (Å²) in [5.74, 6) is 0.799. The highest BCUT2D eigenvalue weighted by molar-refractivity contribution is 6.06. The Bertz CT molecular complexity index is 1280. The van der Waals surface area contributed by atoms with Crippen molar-refractivity contribution in [1.29, 1.82) is 0 Å². The number of nitrogens with zero attached hydrogens (tertiary/aromatic N) is 6. The van der Waals surface area contributed by atoms with E-state index >= 15 is 0 Å². The third-order valence-electron chi connectivity index (χ3n) is 7.25. The van der Waals surface area contributed by atoms with Crippen LogP contribution in [0, 0.1) is 6.92 Å². The number of rotatable bonds is 3. The third kappa shape index (κ3) is 3.41. The molecule has 0 aliphatic carbocycles. The van der Waals surface area contributed by atoms with Gasteiger partial charge in [0.1, 0.15) is 17.8 Å². The number of hydrogen-bond donors (Lipinski definition) is 0. The molecule has 8 heteroatoms. The second-order valence-electron chi connectivity index (χ2n) is 9.17. The van der Waals surface area contributed by atoms with Gasteiger partial charge < -0.3 is 14.7 Å². The van der Waals surface area contributed by atoms with E-state index in [1.54, 1.807) is 12.3 Å². The molecular weight excluding hydrogens is 428 g/mol. The monoisotopic (exact) mass is 454 g/mol. The number of aryl methyl sites for hydroxylation is 1. The van der Waals surface area contributed by atoms with Crippen molar-refractivity contribution in [3.05, 3.63) is 71.4 Å². The molecule has 0 radical (unpaired) electrons. The quantitative estimate of drug-likeness (QED) is 0.605. The van der Waals surface area contributed by atoms with Gasteiger partial charge in [0.05, 0.1) is 17.8 Å². The first-order valence-electron chi connectivity index (χ1n) is 11.8. The fraction of sp³-hybridized carbons (Fsp3) is 0.346. The van der Waals surface area contributed by atoms with Crippen molar-refractivity contribution in [2.24, 2.45) is 0 Å². The Labute approximate surface area is 198 Å². The number of piperidine rings is 1. The van der Waals surface area contributed by atoms with Crippen LogP contribution in [0.3, 0.4) is 0 Å². The summed E-state index contributed by atoms with van der Waals surface area (Å²) in [5, 5.41) is 0. The highest BCUT2D eigenvalue weighted by Gasteiger charge is 2.36. The van der Waals surface area contributed by atoms with Gasteiger partial charge in [-0.1, -0.05) is 12.1 Å². The number of aromatic nitrogens is 3. The molecule has 0 bridgehead atoms. The zero-order valence-corrected chi connectivity index (χ0v) is 19.1. The molecule has 3 aliphatic rings. The van der Waals surface area contributed by atoms with Gasteiger partial charge in [0.2, 0.25) is 5.91 Å². The van der Waals surface area contributed by atoms with Crippen molar-refractivity contribution in [3.63, 3.8) is 0 Å². The predicted octanol–water partition coefficient (Wildman–Crippen LogP) is 2.94. The Hall–Kier alpha value is -3.81. The zero-order chi connectivity index (χ0) is 23.2. The lowest BCUT2D eigenvalue weighted by atomic mass is 10.0. The lowest BCUT2D eigenvalue weighted by Gasteiger charge is -2.37. The van der Waals surface area contributed by atoms with Crippen LogP contribution in [0.2, 0.25) is 0 Å². The number of pyridine rings is 1. The Balaban J connectivity index is 1.17. The van der Waals surface area contributed by atoms with Gasteiger partial charge in [-0.3, -0.25) is 14.6 Å². The Kier molecular flexibility index (Phi) is 5.01. The largest absolute Gasteiger partial charge is 0.356 e. The maximum atomic E-state index is 13.3. The molecule has 0 saturated carbocycles. The summed E-state index contributed by atoms with van der Waals surface area (Å²) in [6.45, 7) is 4.29. The van der Waals surface area contributed by atoms with Crippen molar-refractivity contribution in [2.75, 3.05) is 34.3 Å². The molecule has 3 aromatic rings. The summed E-state index contributed by atoms with van der Waals surface area (Å²) in [4.78, 5) is 45.0. The first-order valence-corrected chi connectivity index (χ1v) is 11.8. The van der Waals surface area contributed by atoms with Crippen LogP contribution in [0.5, 0.6) is 0 Å². The topological polar surface area (TPSA) is 82.5 Å². The standard InChI is InChI=1S/C26H26N6O2/c1-17-4-2-5-22-19(17)9-13-31(22)26(34)21-14-24(29-16-28-21)30-11-7-18(8-12-30)32-23-6-3-10-27-20(23)15-25(32)33/h2-6,10,14,16,18H,7-9,11-13,15H2,1H3. The molecule has 0 spiro atoms. The van der Waals surface area contributed by atoms with Crippen LogP contribution >= 0.6 is 0 Å². The Morgan fingerprint density at radius 2 is 1.82 bits per heavy atom. The van der Waals surface area contributed by atoms with Crippen LogP contribution in [0.4, 0.5) is 17.2 Å². The maximum absolute atomic E-state index is 13.3. The number of anilines is 3. The zero-order valence-electron chi connectivity index (χ0n) is 19.1. The molecule has 2 amide bonds. The highest BCUT2D eigenvalue weighted by atomic mass is 16.2. The molecule has 2 aromatic heterocycles. The molecule has 8 nitrogen and oxygen atoms in total. The summed E-state index contributed by atoms with van der Waals surface area (Å²) in [6.07, 6.45) is 6.15. The normalized spacial score (nSPS) is 17.8. The second-order valence-corrected chi connectivity index (χ2v) is 9.17. The van der Waals surface area contributed by atoms with E-state index < -0.39 is 0 Å². The van der Waals surface area contributed by atoms with Crippen molar-refractivity contribution in [3.8, 4) is 0 Å². The van der Waals surface area contributed by atoms with Crippen molar-refractivity contribution in [2.45, 2.75) is 38.6 Å². The first kappa shape index (κ1) is 20.8. The minimum Gasteiger partial charge on any atom is -0.356 e. The van der Waals surface area contributed by atoms with Gasteiger partial charge in [-0.25, -0.2) is 9.97 Å². The van der Waals surface area contributed by atoms with Gasteiger partial charge in [0.25, 0.3) is 5.91 Å². The average molecular weight is 455 g/mol. The van der Waals surface area contributed by atoms with Crippen molar-refractivity contribution < 1.29 is 9.59 Å². The van der Waals surface area contributed by atoms with Crippen LogP contribution in [-0.4, -0.2) is 52.4 Å². The molecule has 1 saturated heterocycles. The summed E-state index contributed by atoms with van der Waals surface area (Å²) < 4.78 is 0. The number of fused-ring (bicyclic) bond motifs is 2. The van der Waals surface area contributed by atoms with Gasteiger partial charge in [-0.15, -0.1) is 0 Å². The molecule has 172 valence electrons. The third-order valence-corrected chi connectivity index (χ3v) is 7.25. The van der Waals surface area contributed by atoms with Crippen LogP contribution in [0.15, 0.2) is 48.9 Å². The van der Waals surface area contributed by atoms with Crippen molar-refractivity contribution in [1.82, 2.24) is 15.0 Å². The minimum absolute atomic E-state index is 0.0883. The lowest BCUT2D eigenvalue weighted by Crippen LogP contribution is -2.46. The molecule has 0 atom stereocenters. The Morgan fingerprint density at radius 1 is 1.00 bits per heavy atom. The van der Waals surface area contributed by atoms with E-state index in [4.69, 9.17) is 0 Å². The smallest absolute Gasteiger partial charge is 0.277 e. The van der Waals surface area contributed by atoms with Gasteiger partial charge in [0, 0.05) is 43.6 Å². The molecule has 1 fully saturated rings. The van der Waals surface area contributed by atoms with Gasteiger partial charge in [-0.2, -0.15) is 0 Å². The molecular formula is C26H26N6O2. The van der Waals surface area contributed by atoms with E-state index in [9.17, 15) is 9.59 Å². The van der Waals surface area contributed by atoms with Gasteiger partial charge >= 0.3 is 0 Å². The number of hydrogen-bond acceptors (Lipinski definition) is 6. The van der Waals surface area contributed by atoms with E-state index in [0.717, 1.165) is 55.2 Å². The lowest BCUT2D eigenvalue weighted by molar-refractivity contribution is -0.117. The molecule has 34 heavy (non-hydrogen) atoms.